The van der Waals surface area contributed by atoms with Gasteiger partial charge in [-0.2, -0.15) is 5.10 Å². The molecule has 10 heteroatoms. The molecular weight excluding hydrogens is 502 g/mol. The van der Waals surface area contributed by atoms with Gasteiger partial charge in [0.1, 0.15) is 17.5 Å². The number of hydrogen-bond donors (Lipinski definition) is 4. The van der Waals surface area contributed by atoms with Crippen molar-refractivity contribution in [2.45, 2.75) is 70.1 Å². The van der Waals surface area contributed by atoms with E-state index in [1.807, 2.05) is 18.2 Å². The van der Waals surface area contributed by atoms with Gasteiger partial charge in [0.05, 0.1) is 12.2 Å². The van der Waals surface area contributed by atoms with Gasteiger partial charge in [-0.1, -0.05) is 55.9 Å². The molecular formula is C30H39N9O. The van der Waals surface area contributed by atoms with Crippen molar-refractivity contribution in [3.8, 4) is 0 Å². The number of amidine groups is 1. The van der Waals surface area contributed by atoms with Crippen molar-refractivity contribution in [3.05, 3.63) is 89.5 Å². The molecule has 4 heterocycles. The van der Waals surface area contributed by atoms with Crippen molar-refractivity contribution in [2.24, 2.45) is 10.7 Å². The van der Waals surface area contributed by atoms with Crippen LogP contribution in [0.25, 0.3) is 0 Å². The summed E-state index contributed by atoms with van der Waals surface area (Å²) < 4.78 is 5.47. The second kappa shape index (κ2) is 11.2. The zero-order valence-corrected chi connectivity index (χ0v) is 23.3. The van der Waals surface area contributed by atoms with E-state index in [0.717, 1.165) is 54.9 Å². The number of rotatable bonds is 11. The predicted molar refractivity (Wildman–Crippen MR) is 156 cm³/mol. The Bertz CT molecular complexity index is 1380. The van der Waals surface area contributed by atoms with Crippen LogP contribution in [0.15, 0.2) is 76.3 Å². The zero-order chi connectivity index (χ0) is 27.6. The summed E-state index contributed by atoms with van der Waals surface area (Å²) in [4.78, 5) is 9.84. The predicted octanol–water partition coefficient (Wildman–Crippen LogP) is 4.23. The second-order valence-corrected chi connectivity index (χ2v) is 11.5. The number of nitrogens with one attached hydrogen (secondary N) is 3. The van der Waals surface area contributed by atoms with Crippen LogP contribution < -0.4 is 16.4 Å². The fourth-order valence-electron chi connectivity index (χ4n) is 5.60. The van der Waals surface area contributed by atoms with E-state index in [1.54, 1.807) is 0 Å². The van der Waals surface area contributed by atoms with Crippen molar-refractivity contribution in [1.82, 2.24) is 30.5 Å². The van der Waals surface area contributed by atoms with Crippen LogP contribution >= 0.6 is 0 Å². The molecule has 3 fully saturated rings. The first-order chi connectivity index (χ1) is 19.4. The summed E-state index contributed by atoms with van der Waals surface area (Å²) in [5.74, 6) is 4.19. The first-order valence-electron chi connectivity index (χ1n) is 14.2. The number of hydrogen-bond acceptors (Lipinski definition) is 8. The lowest BCUT2D eigenvalue weighted by atomic mass is 10.1. The molecule has 210 valence electrons. The van der Waals surface area contributed by atoms with E-state index in [2.05, 4.69) is 86.5 Å². The van der Waals surface area contributed by atoms with E-state index in [-0.39, 0.29) is 0 Å². The topological polar surface area (TPSA) is 124 Å². The standard InChI is InChI=1S/C30H39N9O/c1-19(2)26-12-25(40-37-26)15-32-20(3)33-30(14-28(31)34-29-13-27(35-36-29)22-9-10-22)39-18-23-11-24(39)17-38(23)16-21-7-5-4-6-8-21/h4-8,12-14,19,22-24,32H,3,9-11,15-18,31H2,1-2H3,(H2,34,35,36)/b28-14+,33-30+/t23-,24-/m1/s1. The third-order valence-electron chi connectivity index (χ3n) is 7.93. The molecule has 2 atom stereocenters. The zero-order valence-electron chi connectivity index (χ0n) is 23.3. The maximum absolute atomic E-state index is 6.48. The summed E-state index contributed by atoms with van der Waals surface area (Å²) in [5, 5.41) is 18.2. The molecule has 1 aliphatic carbocycles. The summed E-state index contributed by atoms with van der Waals surface area (Å²) in [6, 6.07) is 15.5. The van der Waals surface area contributed by atoms with Crippen molar-refractivity contribution in [2.75, 3.05) is 18.4 Å². The summed E-state index contributed by atoms with van der Waals surface area (Å²) in [6.45, 7) is 11.7. The number of aromatic nitrogens is 3. The van der Waals surface area contributed by atoms with Crippen LogP contribution in [0.4, 0.5) is 5.82 Å². The molecule has 2 saturated heterocycles. The number of aliphatic imine (C=N–C) groups is 1. The quantitative estimate of drug-likeness (QED) is 0.210. The van der Waals surface area contributed by atoms with Gasteiger partial charge in [-0.3, -0.25) is 10.00 Å². The largest absolute Gasteiger partial charge is 0.385 e. The number of benzene rings is 1. The van der Waals surface area contributed by atoms with Crippen LogP contribution in [0, 0.1) is 0 Å². The summed E-state index contributed by atoms with van der Waals surface area (Å²) in [5.41, 5.74) is 9.92. The van der Waals surface area contributed by atoms with Crippen molar-refractivity contribution in [1.29, 1.82) is 0 Å². The fourth-order valence-corrected chi connectivity index (χ4v) is 5.60. The summed E-state index contributed by atoms with van der Waals surface area (Å²) in [7, 11) is 0. The highest BCUT2D eigenvalue weighted by Crippen LogP contribution is 2.39. The van der Waals surface area contributed by atoms with Crippen LogP contribution in [-0.4, -0.2) is 56.2 Å². The summed E-state index contributed by atoms with van der Waals surface area (Å²) >= 11 is 0. The molecule has 0 radical (unpaired) electrons. The molecule has 3 aromatic rings. The number of aromatic amines is 1. The van der Waals surface area contributed by atoms with E-state index in [9.17, 15) is 0 Å². The highest BCUT2D eigenvalue weighted by molar-refractivity contribution is 5.95. The van der Waals surface area contributed by atoms with E-state index in [1.165, 1.54) is 18.4 Å². The van der Waals surface area contributed by atoms with Crippen LogP contribution in [0.1, 0.15) is 67.7 Å². The lowest BCUT2D eigenvalue weighted by Gasteiger charge is -2.35. The van der Waals surface area contributed by atoms with Gasteiger partial charge in [-0.25, -0.2) is 4.99 Å². The molecule has 0 unspecified atom stereocenters. The van der Waals surface area contributed by atoms with Gasteiger partial charge >= 0.3 is 0 Å². The molecule has 6 rings (SSSR count). The summed E-state index contributed by atoms with van der Waals surface area (Å²) in [6.07, 6.45) is 5.42. The third kappa shape index (κ3) is 6.07. The minimum absolute atomic E-state index is 0.313. The SMILES string of the molecule is C=C(/N=C(\C=C(/N)Nc1cc(C2CC2)[nH]n1)N1C[C@H]2C[C@@H]1CN2Cc1ccccc1)NCc1cc(C(C)C)no1. The Morgan fingerprint density at radius 3 is 2.75 bits per heavy atom. The molecule has 5 N–H and O–H groups in total. The average molecular weight is 542 g/mol. The molecule has 2 aliphatic heterocycles. The second-order valence-electron chi connectivity index (χ2n) is 11.5. The Balaban J connectivity index is 1.16. The van der Waals surface area contributed by atoms with Gasteiger partial charge < -0.3 is 25.8 Å². The molecule has 1 aromatic carbocycles. The Morgan fingerprint density at radius 2 is 2.05 bits per heavy atom. The molecule has 0 amide bonds. The fraction of sp³-hybridized carbons (Fsp3) is 0.433. The van der Waals surface area contributed by atoms with Crippen LogP contribution in [0.2, 0.25) is 0 Å². The highest BCUT2D eigenvalue weighted by Gasteiger charge is 2.44. The lowest BCUT2D eigenvalue weighted by Crippen LogP contribution is -2.48. The maximum Gasteiger partial charge on any atom is 0.156 e. The minimum Gasteiger partial charge on any atom is -0.385 e. The van der Waals surface area contributed by atoms with Crippen LogP contribution in [0.3, 0.4) is 0 Å². The number of piperazine rings is 1. The Hall–Kier alpha value is -4.05. The monoisotopic (exact) mass is 541 g/mol. The average Bonchev–Trinajstić information content (AvgIpc) is 3.30. The van der Waals surface area contributed by atoms with Gasteiger partial charge in [0, 0.05) is 61.5 Å². The normalized spacial score (nSPS) is 21.4. The van der Waals surface area contributed by atoms with Crippen molar-refractivity contribution >= 4 is 11.7 Å². The third-order valence-corrected chi connectivity index (χ3v) is 7.93. The van der Waals surface area contributed by atoms with Gasteiger partial charge in [0.2, 0.25) is 0 Å². The van der Waals surface area contributed by atoms with E-state index < -0.39 is 0 Å². The molecule has 2 aromatic heterocycles. The first kappa shape index (κ1) is 26.2. The minimum atomic E-state index is 0.313. The molecule has 0 spiro atoms. The van der Waals surface area contributed by atoms with Gasteiger partial charge in [0.15, 0.2) is 11.6 Å². The van der Waals surface area contributed by atoms with Crippen LogP contribution in [-0.2, 0) is 13.1 Å². The van der Waals surface area contributed by atoms with Gasteiger partial charge in [-0.15, -0.1) is 0 Å². The first-order valence-corrected chi connectivity index (χ1v) is 14.2. The van der Waals surface area contributed by atoms with Crippen molar-refractivity contribution < 1.29 is 4.52 Å². The number of nitrogens with two attached hydrogens (primary N) is 1. The van der Waals surface area contributed by atoms with Crippen molar-refractivity contribution in [3.63, 3.8) is 0 Å². The van der Waals surface area contributed by atoms with E-state index >= 15 is 0 Å². The number of likely N-dealkylation sites (tertiary alicyclic amines) is 2. The maximum atomic E-state index is 6.48. The molecule has 10 nitrogen and oxygen atoms in total. The molecule has 3 aliphatic rings. The number of H-pyrrole nitrogens is 1. The smallest absolute Gasteiger partial charge is 0.156 e. The Kier molecular flexibility index (Phi) is 7.34. The number of fused-ring (bicyclic) bond motifs is 2. The number of nitrogens with zero attached hydrogens (tertiary/aromatic N) is 5. The molecule has 2 bridgehead atoms. The van der Waals surface area contributed by atoms with Gasteiger partial charge in [-0.05, 0) is 30.7 Å². The Labute approximate surface area is 235 Å². The van der Waals surface area contributed by atoms with E-state index in [0.29, 0.717) is 42.1 Å². The molecule has 40 heavy (non-hydrogen) atoms. The lowest BCUT2D eigenvalue weighted by molar-refractivity contribution is 0.169. The molecule has 1 saturated carbocycles. The highest BCUT2D eigenvalue weighted by atomic mass is 16.5. The number of anilines is 1. The van der Waals surface area contributed by atoms with E-state index in [4.69, 9.17) is 15.2 Å². The Morgan fingerprint density at radius 1 is 1.23 bits per heavy atom. The van der Waals surface area contributed by atoms with Crippen LogP contribution in [0.5, 0.6) is 0 Å². The van der Waals surface area contributed by atoms with Gasteiger partial charge in [0.25, 0.3) is 0 Å².